The van der Waals surface area contributed by atoms with Crippen molar-refractivity contribution in [1.82, 2.24) is 4.90 Å². The van der Waals surface area contributed by atoms with Crippen molar-refractivity contribution >= 4 is 5.91 Å². The predicted molar refractivity (Wildman–Crippen MR) is 57.8 cm³/mol. The molecule has 1 amide bonds. The van der Waals surface area contributed by atoms with E-state index in [0.717, 1.165) is 25.9 Å². The summed E-state index contributed by atoms with van der Waals surface area (Å²) in [6.07, 6.45) is 3.15. The van der Waals surface area contributed by atoms with Crippen LogP contribution in [0, 0.1) is 17.2 Å². The van der Waals surface area contributed by atoms with Gasteiger partial charge in [0.2, 0.25) is 5.91 Å². The van der Waals surface area contributed by atoms with Crippen LogP contribution in [0.5, 0.6) is 0 Å². The SMILES string of the molecule is CC(CC#N)N1CCC(CC(N)=O)CC1. The second-order valence-electron chi connectivity index (χ2n) is 4.36. The highest BCUT2D eigenvalue weighted by Crippen LogP contribution is 2.22. The summed E-state index contributed by atoms with van der Waals surface area (Å²) in [5.74, 6) is 0.256. The van der Waals surface area contributed by atoms with E-state index < -0.39 is 0 Å². The van der Waals surface area contributed by atoms with Gasteiger partial charge in [0, 0.05) is 12.5 Å². The molecule has 0 bridgehead atoms. The van der Waals surface area contributed by atoms with Crippen LogP contribution in [0.1, 0.15) is 32.6 Å². The Morgan fingerprint density at radius 3 is 2.67 bits per heavy atom. The zero-order chi connectivity index (χ0) is 11.3. The van der Waals surface area contributed by atoms with E-state index in [1.54, 1.807) is 0 Å². The van der Waals surface area contributed by atoms with Crippen molar-refractivity contribution in [3.63, 3.8) is 0 Å². The van der Waals surface area contributed by atoms with Crippen LogP contribution in [-0.2, 0) is 4.79 Å². The Labute approximate surface area is 91.0 Å². The number of amides is 1. The summed E-state index contributed by atoms with van der Waals surface area (Å²) in [6, 6.07) is 2.53. The average Bonchev–Trinajstić information content (AvgIpc) is 2.18. The highest BCUT2D eigenvalue weighted by Gasteiger charge is 2.23. The molecular formula is C11H19N3O. The van der Waals surface area contributed by atoms with Crippen molar-refractivity contribution in [3.8, 4) is 6.07 Å². The third-order valence-electron chi connectivity index (χ3n) is 3.15. The quantitative estimate of drug-likeness (QED) is 0.747. The minimum Gasteiger partial charge on any atom is -0.370 e. The Hall–Kier alpha value is -1.08. The van der Waals surface area contributed by atoms with Crippen LogP contribution >= 0.6 is 0 Å². The lowest BCUT2D eigenvalue weighted by molar-refractivity contribution is -0.119. The van der Waals surface area contributed by atoms with E-state index in [-0.39, 0.29) is 5.91 Å². The van der Waals surface area contributed by atoms with Crippen LogP contribution in [0.4, 0.5) is 0 Å². The van der Waals surface area contributed by atoms with Gasteiger partial charge in [-0.05, 0) is 38.8 Å². The molecule has 0 spiro atoms. The highest BCUT2D eigenvalue weighted by molar-refractivity contribution is 5.73. The molecule has 1 unspecified atom stereocenters. The van der Waals surface area contributed by atoms with Gasteiger partial charge in [0.25, 0.3) is 0 Å². The maximum Gasteiger partial charge on any atom is 0.217 e. The van der Waals surface area contributed by atoms with E-state index in [1.807, 2.05) is 0 Å². The van der Waals surface area contributed by atoms with E-state index in [1.165, 1.54) is 0 Å². The monoisotopic (exact) mass is 209 g/mol. The lowest BCUT2D eigenvalue weighted by Crippen LogP contribution is -2.40. The van der Waals surface area contributed by atoms with Gasteiger partial charge in [-0.25, -0.2) is 0 Å². The van der Waals surface area contributed by atoms with Gasteiger partial charge in [0.1, 0.15) is 0 Å². The van der Waals surface area contributed by atoms with E-state index >= 15 is 0 Å². The molecule has 2 N–H and O–H groups in total. The molecule has 1 aliphatic rings. The van der Waals surface area contributed by atoms with Gasteiger partial charge in [0.15, 0.2) is 0 Å². The van der Waals surface area contributed by atoms with Crippen LogP contribution in [0.25, 0.3) is 0 Å². The van der Waals surface area contributed by atoms with Gasteiger partial charge in [-0.3, -0.25) is 9.69 Å². The molecule has 4 heteroatoms. The number of nitriles is 1. The van der Waals surface area contributed by atoms with E-state index in [9.17, 15) is 4.79 Å². The average molecular weight is 209 g/mol. The van der Waals surface area contributed by atoms with E-state index in [4.69, 9.17) is 11.0 Å². The number of nitrogens with two attached hydrogens (primary N) is 1. The number of hydrogen-bond acceptors (Lipinski definition) is 3. The molecule has 1 rings (SSSR count). The topological polar surface area (TPSA) is 70.1 Å². The van der Waals surface area contributed by atoms with Crippen molar-refractivity contribution < 1.29 is 4.79 Å². The minimum atomic E-state index is -0.196. The summed E-state index contributed by atoms with van der Waals surface area (Å²) in [5.41, 5.74) is 5.17. The van der Waals surface area contributed by atoms with Crippen molar-refractivity contribution in [3.05, 3.63) is 0 Å². The number of carbonyl (C=O) groups is 1. The second-order valence-corrected chi connectivity index (χ2v) is 4.36. The lowest BCUT2D eigenvalue weighted by Gasteiger charge is -2.34. The van der Waals surface area contributed by atoms with Gasteiger partial charge in [-0.1, -0.05) is 0 Å². The molecule has 0 aromatic heterocycles. The lowest BCUT2D eigenvalue weighted by atomic mass is 9.92. The van der Waals surface area contributed by atoms with Gasteiger partial charge < -0.3 is 5.73 Å². The Morgan fingerprint density at radius 2 is 2.20 bits per heavy atom. The van der Waals surface area contributed by atoms with Crippen LogP contribution in [0.2, 0.25) is 0 Å². The molecule has 0 saturated carbocycles. The molecule has 0 radical (unpaired) electrons. The summed E-state index contributed by atoms with van der Waals surface area (Å²) >= 11 is 0. The fourth-order valence-corrected chi connectivity index (χ4v) is 2.14. The Balaban J connectivity index is 2.29. The van der Waals surface area contributed by atoms with Gasteiger partial charge in [-0.2, -0.15) is 5.26 Å². The first kappa shape index (κ1) is 12.0. The third-order valence-corrected chi connectivity index (χ3v) is 3.15. The fourth-order valence-electron chi connectivity index (χ4n) is 2.14. The van der Waals surface area contributed by atoms with E-state index in [0.29, 0.717) is 24.8 Å². The molecule has 0 aromatic carbocycles. The van der Waals surface area contributed by atoms with Crippen LogP contribution in [0.15, 0.2) is 0 Å². The minimum absolute atomic E-state index is 0.196. The molecule has 1 aliphatic heterocycles. The third kappa shape index (κ3) is 3.88. The smallest absolute Gasteiger partial charge is 0.217 e. The molecule has 84 valence electrons. The molecule has 1 saturated heterocycles. The van der Waals surface area contributed by atoms with Crippen molar-refractivity contribution in [1.29, 1.82) is 5.26 Å². The number of hydrogen-bond donors (Lipinski definition) is 1. The zero-order valence-electron chi connectivity index (χ0n) is 9.28. The first-order chi connectivity index (χ1) is 7.13. The number of carbonyl (C=O) groups excluding carboxylic acids is 1. The fraction of sp³-hybridized carbons (Fsp3) is 0.818. The van der Waals surface area contributed by atoms with Gasteiger partial charge in [-0.15, -0.1) is 0 Å². The standard InChI is InChI=1S/C11H19N3O/c1-9(2-5-12)14-6-3-10(4-7-14)8-11(13)15/h9-10H,2-4,6-8H2,1H3,(H2,13,15). The molecule has 0 aliphatic carbocycles. The highest BCUT2D eigenvalue weighted by atomic mass is 16.1. The number of rotatable bonds is 4. The van der Waals surface area contributed by atoms with Crippen molar-refractivity contribution in [2.24, 2.45) is 11.7 Å². The first-order valence-electron chi connectivity index (χ1n) is 5.52. The molecule has 0 aromatic rings. The molecule has 1 atom stereocenters. The number of likely N-dealkylation sites (tertiary alicyclic amines) is 1. The van der Waals surface area contributed by atoms with Crippen molar-refractivity contribution in [2.75, 3.05) is 13.1 Å². The van der Waals surface area contributed by atoms with Gasteiger partial charge >= 0.3 is 0 Å². The molecule has 15 heavy (non-hydrogen) atoms. The molecule has 1 fully saturated rings. The van der Waals surface area contributed by atoms with Crippen LogP contribution in [-0.4, -0.2) is 29.9 Å². The maximum atomic E-state index is 10.8. The summed E-state index contributed by atoms with van der Waals surface area (Å²) in [7, 11) is 0. The first-order valence-corrected chi connectivity index (χ1v) is 5.52. The number of nitrogens with zero attached hydrogens (tertiary/aromatic N) is 2. The Kier molecular flexibility index (Phi) is 4.57. The second kappa shape index (κ2) is 5.72. The Bertz CT molecular complexity index is 251. The summed E-state index contributed by atoms with van der Waals surface area (Å²) < 4.78 is 0. The van der Waals surface area contributed by atoms with Crippen LogP contribution < -0.4 is 5.73 Å². The molecule has 1 heterocycles. The summed E-state index contributed by atoms with van der Waals surface area (Å²) in [4.78, 5) is 13.1. The Morgan fingerprint density at radius 1 is 1.60 bits per heavy atom. The molecule has 4 nitrogen and oxygen atoms in total. The summed E-state index contributed by atoms with van der Waals surface area (Å²) in [5, 5.41) is 8.60. The van der Waals surface area contributed by atoms with Crippen LogP contribution in [0.3, 0.4) is 0 Å². The molecular weight excluding hydrogens is 190 g/mol. The van der Waals surface area contributed by atoms with Gasteiger partial charge in [0.05, 0.1) is 12.5 Å². The predicted octanol–water partition coefficient (Wildman–Crippen LogP) is 0.876. The normalized spacial score (nSPS) is 20.8. The van der Waals surface area contributed by atoms with E-state index in [2.05, 4.69) is 17.9 Å². The number of piperidine rings is 1. The largest absolute Gasteiger partial charge is 0.370 e. The summed E-state index contributed by atoms with van der Waals surface area (Å²) in [6.45, 7) is 4.05. The van der Waals surface area contributed by atoms with Crippen molar-refractivity contribution in [2.45, 2.75) is 38.6 Å². The zero-order valence-corrected chi connectivity index (χ0v) is 9.28. The number of primary amides is 1. The maximum absolute atomic E-state index is 10.8.